The van der Waals surface area contributed by atoms with E-state index in [2.05, 4.69) is 0 Å². The van der Waals surface area contributed by atoms with E-state index in [4.69, 9.17) is 16.7 Å². The van der Waals surface area contributed by atoms with Crippen molar-refractivity contribution < 1.29 is 14.3 Å². The zero-order valence-electron chi connectivity index (χ0n) is 10.6. The highest BCUT2D eigenvalue weighted by molar-refractivity contribution is 6.30. The lowest BCUT2D eigenvalue weighted by atomic mass is 10.2. The molecule has 0 aliphatic heterocycles. The molecule has 0 radical (unpaired) electrons. The second kappa shape index (κ2) is 5.46. The number of carboxylic acid groups (broad SMARTS) is 1. The Balaban J connectivity index is 2.53. The van der Waals surface area contributed by atoms with Crippen molar-refractivity contribution in [2.75, 3.05) is 0 Å². The van der Waals surface area contributed by atoms with Crippen molar-refractivity contribution in [3.63, 3.8) is 0 Å². The van der Waals surface area contributed by atoms with Crippen molar-refractivity contribution in [1.29, 1.82) is 0 Å². The van der Waals surface area contributed by atoms with Gasteiger partial charge in [-0.05, 0) is 37.3 Å². The van der Waals surface area contributed by atoms with Crippen molar-refractivity contribution >= 4 is 17.6 Å². The lowest BCUT2D eigenvalue weighted by Gasteiger charge is -2.11. The van der Waals surface area contributed by atoms with Gasteiger partial charge in [-0.25, -0.2) is 9.18 Å². The first kappa shape index (κ1) is 14.3. The van der Waals surface area contributed by atoms with Crippen molar-refractivity contribution in [1.82, 2.24) is 4.57 Å². The predicted molar refractivity (Wildman–Crippen MR) is 72.9 cm³/mol. The number of aromatic carboxylic acids is 1. The summed E-state index contributed by atoms with van der Waals surface area (Å²) in [5, 5.41) is 9.29. The van der Waals surface area contributed by atoms with Gasteiger partial charge in [-0.15, -0.1) is 0 Å². The monoisotopic (exact) mass is 295 g/mol. The fourth-order valence-corrected chi connectivity index (χ4v) is 2.06. The third kappa shape index (κ3) is 2.72. The van der Waals surface area contributed by atoms with Gasteiger partial charge in [0, 0.05) is 16.3 Å². The molecule has 20 heavy (non-hydrogen) atoms. The van der Waals surface area contributed by atoms with Crippen LogP contribution in [-0.4, -0.2) is 15.6 Å². The third-order valence-corrected chi connectivity index (χ3v) is 3.19. The Hall–Kier alpha value is -2.14. The molecular weight excluding hydrogens is 285 g/mol. The summed E-state index contributed by atoms with van der Waals surface area (Å²) in [6.45, 7) is 1.58. The molecule has 4 nitrogen and oxygen atoms in total. The Morgan fingerprint density at radius 1 is 1.35 bits per heavy atom. The summed E-state index contributed by atoms with van der Waals surface area (Å²) in [6, 6.07) is 6.77. The summed E-state index contributed by atoms with van der Waals surface area (Å²) in [5.41, 5.74) is -0.250. The Morgan fingerprint density at radius 2 is 2.05 bits per heavy atom. The molecule has 2 rings (SSSR count). The molecule has 0 unspecified atom stereocenters. The minimum atomic E-state index is -1.31. The van der Waals surface area contributed by atoms with Crippen LogP contribution in [0.25, 0.3) is 0 Å². The maximum absolute atomic E-state index is 13.7. The number of nitrogens with zero attached hydrogens (tertiary/aromatic N) is 1. The van der Waals surface area contributed by atoms with Gasteiger partial charge in [0.2, 0.25) is 0 Å². The van der Waals surface area contributed by atoms with Crippen molar-refractivity contribution in [2.24, 2.45) is 0 Å². The van der Waals surface area contributed by atoms with E-state index >= 15 is 0 Å². The normalized spacial score (nSPS) is 10.6. The van der Waals surface area contributed by atoms with Gasteiger partial charge in [0.25, 0.3) is 5.56 Å². The number of carbonyl (C=O) groups is 1. The highest BCUT2D eigenvalue weighted by Gasteiger charge is 2.14. The van der Waals surface area contributed by atoms with Crippen molar-refractivity contribution in [3.8, 4) is 0 Å². The molecule has 0 aliphatic rings. The topological polar surface area (TPSA) is 59.3 Å². The van der Waals surface area contributed by atoms with Gasteiger partial charge in [0.15, 0.2) is 0 Å². The van der Waals surface area contributed by atoms with Crippen LogP contribution >= 0.6 is 11.6 Å². The first-order chi connectivity index (χ1) is 9.40. The number of rotatable bonds is 3. The molecular formula is C14H11ClFNO3. The molecule has 1 heterocycles. The molecule has 1 aromatic heterocycles. The number of benzene rings is 1. The third-order valence-electron chi connectivity index (χ3n) is 2.96. The molecule has 0 spiro atoms. The number of pyridine rings is 1. The van der Waals surface area contributed by atoms with E-state index < -0.39 is 17.3 Å². The van der Waals surface area contributed by atoms with Crippen LogP contribution in [0.3, 0.4) is 0 Å². The van der Waals surface area contributed by atoms with E-state index in [1.54, 1.807) is 6.92 Å². The Bertz CT molecular complexity index is 740. The minimum Gasteiger partial charge on any atom is -0.477 e. The van der Waals surface area contributed by atoms with Crippen LogP contribution in [0.1, 0.15) is 21.6 Å². The van der Waals surface area contributed by atoms with Gasteiger partial charge in [0.1, 0.15) is 11.4 Å². The molecule has 0 saturated carbocycles. The smallest absolute Gasteiger partial charge is 0.341 e. The van der Waals surface area contributed by atoms with Gasteiger partial charge in [-0.2, -0.15) is 0 Å². The number of aromatic nitrogens is 1. The molecule has 0 atom stereocenters. The minimum absolute atomic E-state index is 0.0713. The van der Waals surface area contributed by atoms with Crippen LogP contribution in [0.4, 0.5) is 4.39 Å². The summed E-state index contributed by atoms with van der Waals surface area (Å²) in [5.74, 6) is -1.81. The summed E-state index contributed by atoms with van der Waals surface area (Å²) in [4.78, 5) is 23.0. The molecule has 0 aliphatic carbocycles. The fourth-order valence-electron chi connectivity index (χ4n) is 1.86. The highest BCUT2D eigenvalue weighted by Crippen LogP contribution is 2.16. The van der Waals surface area contributed by atoms with Gasteiger partial charge in [0.05, 0.1) is 6.54 Å². The van der Waals surface area contributed by atoms with Crippen LogP contribution in [0, 0.1) is 12.7 Å². The average molecular weight is 296 g/mol. The van der Waals surface area contributed by atoms with Crippen LogP contribution in [0.15, 0.2) is 35.1 Å². The molecule has 2 aromatic rings. The van der Waals surface area contributed by atoms with E-state index in [9.17, 15) is 14.0 Å². The van der Waals surface area contributed by atoms with E-state index in [0.29, 0.717) is 10.7 Å². The van der Waals surface area contributed by atoms with Crippen LogP contribution in [-0.2, 0) is 6.54 Å². The summed E-state index contributed by atoms with van der Waals surface area (Å²) in [7, 11) is 0. The average Bonchev–Trinajstić information content (AvgIpc) is 2.38. The second-order valence-electron chi connectivity index (χ2n) is 4.32. The largest absolute Gasteiger partial charge is 0.477 e. The molecule has 6 heteroatoms. The van der Waals surface area contributed by atoms with Crippen molar-refractivity contribution in [3.05, 3.63) is 68.3 Å². The number of aryl methyl sites for hydroxylation is 1. The van der Waals surface area contributed by atoms with E-state index in [1.165, 1.54) is 34.9 Å². The highest BCUT2D eigenvalue weighted by atomic mass is 35.5. The van der Waals surface area contributed by atoms with E-state index in [0.717, 1.165) is 0 Å². The van der Waals surface area contributed by atoms with Crippen molar-refractivity contribution in [2.45, 2.75) is 13.5 Å². The number of halogens is 2. The molecule has 1 aromatic carbocycles. The van der Waals surface area contributed by atoms with Crippen LogP contribution in [0.5, 0.6) is 0 Å². The van der Waals surface area contributed by atoms with Gasteiger partial charge in [-0.1, -0.05) is 11.6 Å². The summed E-state index contributed by atoms with van der Waals surface area (Å²) < 4.78 is 14.9. The summed E-state index contributed by atoms with van der Waals surface area (Å²) >= 11 is 5.80. The zero-order valence-corrected chi connectivity index (χ0v) is 11.3. The lowest BCUT2D eigenvalue weighted by Crippen LogP contribution is -2.28. The summed E-state index contributed by atoms with van der Waals surface area (Å²) in [6.07, 6.45) is 0. The van der Waals surface area contributed by atoms with E-state index in [-0.39, 0.29) is 17.7 Å². The molecule has 104 valence electrons. The van der Waals surface area contributed by atoms with Gasteiger partial charge < -0.3 is 9.67 Å². The van der Waals surface area contributed by atoms with Gasteiger partial charge in [-0.3, -0.25) is 4.79 Å². The Labute approximate surface area is 119 Å². The molecule has 1 N–H and O–H groups in total. The molecule has 0 saturated heterocycles. The second-order valence-corrected chi connectivity index (χ2v) is 4.76. The predicted octanol–water partition coefficient (Wildman–Crippen LogP) is 2.70. The van der Waals surface area contributed by atoms with Gasteiger partial charge >= 0.3 is 5.97 Å². The Kier molecular flexibility index (Phi) is 3.90. The fraction of sp³-hybridized carbons (Fsp3) is 0.143. The van der Waals surface area contributed by atoms with Crippen LogP contribution < -0.4 is 5.56 Å². The number of hydrogen-bond acceptors (Lipinski definition) is 2. The quantitative estimate of drug-likeness (QED) is 0.947. The van der Waals surface area contributed by atoms with Crippen LogP contribution in [0.2, 0.25) is 5.02 Å². The molecule has 0 fully saturated rings. The number of hydrogen-bond donors (Lipinski definition) is 1. The standard InChI is InChI=1S/C14H11ClFNO3/c1-8-2-4-11(14(19)20)13(18)17(8)7-9-6-10(15)3-5-12(9)16/h2-6H,7H2,1H3,(H,19,20). The Morgan fingerprint density at radius 3 is 2.70 bits per heavy atom. The maximum Gasteiger partial charge on any atom is 0.341 e. The lowest BCUT2D eigenvalue weighted by molar-refractivity contribution is 0.0694. The zero-order chi connectivity index (χ0) is 14.9. The maximum atomic E-state index is 13.7. The molecule has 0 bridgehead atoms. The number of carboxylic acids is 1. The molecule has 0 amide bonds. The first-order valence-electron chi connectivity index (χ1n) is 5.78. The van der Waals surface area contributed by atoms with E-state index in [1.807, 2.05) is 0 Å². The SMILES string of the molecule is Cc1ccc(C(=O)O)c(=O)n1Cc1cc(Cl)ccc1F. The first-order valence-corrected chi connectivity index (χ1v) is 6.15.